The van der Waals surface area contributed by atoms with Gasteiger partial charge < -0.3 is 5.11 Å². The second-order valence-electron chi connectivity index (χ2n) is 3.16. The molecule has 16 heavy (non-hydrogen) atoms. The van der Waals surface area contributed by atoms with E-state index in [4.69, 9.17) is 5.11 Å². The molecule has 3 aromatic rings. The van der Waals surface area contributed by atoms with Crippen LogP contribution in [0.3, 0.4) is 0 Å². The van der Waals surface area contributed by atoms with Crippen LogP contribution in [0.5, 0.6) is 0 Å². The maximum atomic E-state index is 11.0. The summed E-state index contributed by atoms with van der Waals surface area (Å²) in [6.07, 6.45) is 0. The van der Waals surface area contributed by atoms with Crippen LogP contribution in [0.15, 0.2) is 22.7 Å². The largest absolute Gasteiger partial charge is 0.475 e. The number of aromatic nitrogens is 3. The number of halogens is 1. The van der Waals surface area contributed by atoms with E-state index in [1.165, 1.54) is 11.3 Å². The predicted octanol–water partition coefficient (Wildman–Crippen LogP) is 2.40. The second-order valence-corrected chi connectivity index (χ2v) is 5.09. The van der Waals surface area contributed by atoms with Crippen LogP contribution in [0.1, 0.15) is 10.6 Å². The van der Waals surface area contributed by atoms with E-state index >= 15 is 0 Å². The summed E-state index contributed by atoms with van der Waals surface area (Å²) in [5.41, 5.74) is 0.811. The first-order valence-electron chi connectivity index (χ1n) is 4.33. The number of benzene rings is 1. The van der Waals surface area contributed by atoms with Crippen LogP contribution < -0.4 is 0 Å². The minimum absolute atomic E-state index is 0.0522. The van der Waals surface area contributed by atoms with Gasteiger partial charge in [0.1, 0.15) is 0 Å². The molecule has 0 aliphatic rings. The number of hydrogen-bond acceptors (Lipinski definition) is 4. The smallest absolute Gasteiger partial charge is 0.374 e. The molecule has 0 unspecified atom stereocenters. The van der Waals surface area contributed by atoms with E-state index in [-0.39, 0.29) is 5.82 Å². The molecule has 0 aliphatic carbocycles. The average molecular weight is 298 g/mol. The molecule has 0 aliphatic heterocycles. The highest BCUT2D eigenvalue weighted by Gasteiger charge is 2.17. The van der Waals surface area contributed by atoms with Crippen molar-refractivity contribution in [3.63, 3.8) is 0 Å². The van der Waals surface area contributed by atoms with E-state index in [0.717, 1.165) is 14.7 Å². The van der Waals surface area contributed by atoms with Crippen LogP contribution in [-0.4, -0.2) is 25.7 Å². The van der Waals surface area contributed by atoms with Gasteiger partial charge in [-0.2, -0.15) is 0 Å². The highest BCUT2D eigenvalue weighted by molar-refractivity contribution is 9.10. The fraction of sp³-hybridized carbons (Fsp3) is 0. The first kappa shape index (κ1) is 9.73. The Kier molecular flexibility index (Phi) is 1.98. The van der Waals surface area contributed by atoms with E-state index in [0.29, 0.717) is 4.96 Å². The third-order valence-corrected chi connectivity index (χ3v) is 3.68. The second kappa shape index (κ2) is 3.26. The summed E-state index contributed by atoms with van der Waals surface area (Å²) in [5.74, 6) is -1.13. The molecule has 0 bridgehead atoms. The van der Waals surface area contributed by atoms with Gasteiger partial charge in [0.25, 0.3) is 0 Å². The number of rotatable bonds is 1. The van der Waals surface area contributed by atoms with Crippen molar-refractivity contribution in [1.82, 2.24) is 14.6 Å². The van der Waals surface area contributed by atoms with Crippen molar-refractivity contribution in [1.29, 1.82) is 0 Å². The minimum atomic E-state index is -1.07. The van der Waals surface area contributed by atoms with E-state index < -0.39 is 5.97 Å². The molecule has 3 rings (SSSR count). The number of nitrogens with zero attached hydrogens (tertiary/aromatic N) is 3. The van der Waals surface area contributed by atoms with E-state index in [2.05, 4.69) is 26.1 Å². The van der Waals surface area contributed by atoms with Gasteiger partial charge in [0.15, 0.2) is 0 Å². The van der Waals surface area contributed by atoms with Gasteiger partial charge >= 0.3 is 5.97 Å². The van der Waals surface area contributed by atoms with Gasteiger partial charge in [0.2, 0.25) is 10.8 Å². The van der Waals surface area contributed by atoms with Crippen LogP contribution in [0.2, 0.25) is 0 Å². The van der Waals surface area contributed by atoms with Crippen molar-refractivity contribution in [2.24, 2.45) is 0 Å². The van der Waals surface area contributed by atoms with Gasteiger partial charge in [0, 0.05) is 4.47 Å². The van der Waals surface area contributed by atoms with Crippen molar-refractivity contribution in [2.75, 3.05) is 0 Å². The highest BCUT2D eigenvalue weighted by Crippen LogP contribution is 2.28. The molecule has 0 fully saturated rings. The van der Waals surface area contributed by atoms with Gasteiger partial charge in [0.05, 0.1) is 10.2 Å². The molecular formula is C9H4BrN3O2S. The fourth-order valence-corrected chi connectivity index (χ4v) is 3.06. The molecule has 1 aromatic carbocycles. The quantitative estimate of drug-likeness (QED) is 0.749. The molecular weight excluding hydrogens is 294 g/mol. The Bertz CT molecular complexity index is 718. The maximum absolute atomic E-state index is 11.0. The van der Waals surface area contributed by atoms with Crippen molar-refractivity contribution >= 4 is 48.4 Å². The summed E-state index contributed by atoms with van der Waals surface area (Å²) >= 11 is 4.78. The fourth-order valence-electron chi connectivity index (χ4n) is 1.54. The van der Waals surface area contributed by atoms with Crippen LogP contribution in [0.4, 0.5) is 0 Å². The zero-order chi connectivity index (χ0) is 11.3. The molecule has 0 spiro atoms. The Morgan fingerprint density at radius 1 is 1.44 bits per heavy atom. The topological polar surface area (TPSA) is 67.5 Å². The molecule has 2 aromatic heterocycles. The Morgan fingerprint density at radius 2 is 2.25 bits per heavy atom. The maximum Gasteiger partial charge on any atom is 0.374 e. The number of carboxylic acids is 1. The third kappa shape index (κ3) is 1.25. The highest BCUT2D eigenvalue weighted by atomic mass is 79.9. The third-order valence-electron chi connectivity index (χ3n) is 2.19. The zero-order valence-electron chi connectivity index (χ0n) is 7.72. The predicted molar refractivity (Wildman–Crippen MR) is 63.0 cm³/mol. The van der Waals surface area contributed by atoms with Gasteiger partial charge in [-0.15, -0.1) is 10.2 Å². The van der Waals surface area contributed by atoms with Crippen molar-refractivity contribution in [3.8, 4) is 0 Å². The molecule has 0 radical (unpaired) electrons. The number of carboxylic acid groups (broad SMARTS) is 1. The molecule has 0 saturated heterocycles. The number of carbonyl (C=O) groups is 1. The molecule has 0 atom stereocenters. The minimum Gasteiger partial charge on any atom is -0.475 e. The van der Waals surface area contributed by atoms with E-state index in [1.807, 2.05) is 18.2 Å². The first-order valence-corrected chi connectivity index (χ1v) is 5.94. The lowest BCUT2D eigenvalue weighted by Gasteiger charge is -1.93. The summed E-state index contributed by atoms with van der Waals surface area (Å²) in [4.78, 5) is 11.5. The Balaban J connectivity index is 2.50. The Morgan fingerprint density at radius 3 is 3.00 bits per heavy atom. The standard InChI is InChI=1S/C9H4BrN3O2S/c10-4-1-2-5-6(3-4)16-9-12-11-7(8(14)15)13(5)9/h1-3H,(H,14,15). The van der Waals surface area contributed by atoms with E-state index in [9.17, 15) is 4.79 Å². The first-order chi connectivity index (χ1) is 7.66. The monoisotopic (exact) mass is 297 g/mol. The van der Waals surface area contributed by atoms with E-state index in [1.54, 1.807) is 4.40 Å². The van der Waals surface area contributed by atoms with Crippen LogP contribution in [-0.2, 0) is 0 Å². The van der Waals surface area contributed by atoms with Crippen LogP contribution in [0, 0.1) is 0 Å². The lowest BCUT2D eigenvalue weighted by atomic mass is 10.3. The summed E-state index contributed by atoms with van der Waals surface area (Å²) in [6.45, 7) is 0. The molecule has 0 amide bonds. The van der Waals surface area contributed by atoms with Crippen LogP contribution in [0.25, 0.3) is 15.2 Å². The normalized spacial score (nSPS) is 11.3. The molecule has 0 saturated carbocycles. The number of thiazole rings is 1. The summed E-state index contributed by atoms with van der Waals surface area (Å²) < 4.78 is 3.48. The molecule has 5 nitrogen and oxygen atoms in total. The van der Waals surface area contributed by atoms with Gasteiger partial charge in [-0.05, 0) is 18.2 Å². The van der Waals surface area contributed by atoms with Gasteiger partial charge in [-0.25, -0.2) is 4.79 Å². The summed E-state index contributed by atoms with van der Waals surface area (Å²) in [5, 5.41) is 16.5. The molecule has 80 valence electrons. The Labute approximate surface area is 101 Å². The number of fused-ring (bicyclic) bond motifs is 3. The van der Waals surface area contributed by atoms with Gasteiger partial charge in [-0.3, -0.25) is 4.40 Å². The number of aromatic carboxylic acids is 1. The average Bonchev–Trinajstić information content (AvgIpc) is 2.74. The summed E-state index contributed by atoms with van der Waals surface area (Å²) in [7, 11) is 0. The molecule has 1 N–H and O–H groups in total. The molecule has 7 heteroatoms. The summed E-state index contributed by atoms with van der Waals surface area (Å²) in [6, 6.07) is 5.64. The van der Waals surface area contributed by atoms with Crippen molar-refractivity contribution in [3.05, 3.63) is 28.5 Å². The SMILES string of the molecule is O=C(O)c1nnc2sc3cc(Br)ccc3n12. The van der Waals surface area contributed by atoms with Crippen molar-refractivity contribution < 1.29 is 9.90 Å². The lowest BCUT2D eigenvalue weighted by molar-refractivity contribution is 0.0682. The Hall–Kier alpha value is -1.47. The lowest BCUT2D eigenvalue weighted by Crippen LogP contribution is -2.02. The van der Waals surface area contributed by atoms with Crippen LogP contribution >= 0.6 is 27.3 Å². The van der Waals surface area contributed by atoms with Gasteiger partial charge in [-0.1, -0.05) is 27.3 Å². The number of hydrogen-bond donors (Lipinski definition) is 1. The van der Waals surface area contributed by atoms with Crippen molar-refractivity contribution in [2.45, 2.75) is 0 Å². The zero-order valence-corrected chi connectivity index (χ0v) is 10.1. The molecule has 2 heterocycles.